The van der Waals surface area contributed by atoms with Crippen molar-refractivity contribution in [2.75, 3.05) is 11.5 Å². The Morgan fingerprint density at radius 2 is 2.00 bits per heavy atom. The smallest absolute Gasteiger partial charge is 0.315 e. The van der Waals surface area contributed by atoms with Crippen LogP contribution in [0.2, 0.25) is 0 Å². The molecule has 0 saturated carbocycles. The molecule has 0 aliphatic heterocycles. The van der Waals surface area contributed by atoms with Crippen molar-refractivity contribution in [2.45, 2.75) is 33.2 Å². The Morgan fingerprint density at radius 1 is 1.40 bits per heavy atom. The second-order valence-electron chi connectivity index (χ2n) is 3.46. The number of nitrogens with one attached hydrogen (secondary N) is 1. The van der Waals surface area contributed by atoms with E-state index in [4.69, 9.17) is 5.11 Å². The van der Waals surface area contributed by atoms with Crippen molar-refractivity contribution in [3.63, 3.8) is 0 Å². The summed E-state index contributed by atoms with van der Waals surface area (Å²) in [5.74, 6) is -0.406. The van der Waals surface area contributed by atoms with Crippen LogP contribution >= 0.6 is 11.8 Å². The summed E-state index contributed by atoms with van der Waals surface area (Å²) in [6.45, 7) is 5.37. The van der Waals surface area contributed by atoms with E-state index >= 15 is 0 Å². The Labute approximate surface area is 94.8 Å². The molecule has 0 saturated heterocycles. The molecule has 0 aliphatic rings. The molecule has 2 N–H and O–H groups in total. The van der Waals surface area contributed by atoms with Crippen molar-refractivity contribution >= 4 is 23.6 Å². The van der Waals surface area contributed by atoms with Gasteiger partial charge in [0.05, 0.1) is 0 Å². The number of hydrogen-bond acceptors (Lipinski definition) is 3. The van der Waals surface area contributed by atoms with Gasteiger partial charge in [0.1, 0.15) is 5.92 Å². The first-order chi connectivity index (χ1) is 6.99. The molecule has 0 radical (unpaired) electrons. The quantitative estimate of drug-likeness (QED) is 0.514. The third-order valence-corrected chi connectivity index (χ3v) is 2.98. The van der Waals surface area contributed by atoms with Gasteiger partial charge in [0.15, 0.2) is 0 Å². The predicted molar refractivity (Wildman–Crippen MR) is 62.0 cm³/mol. The summed E-state index contributed by atoms with van der Waals surface area (Å²) < 4.78 is 0. The Morgan fingerprint density at radius 3 is 2.47 bits per heavy atom. The zero-order valence-electron chi connectivity index (χ0n) is 9.45. The molecule has 0 rings (SSSR count). The van der Waals surface area contributed by atoms with E-state index in [2.05, 4.69) is 12.2 Å². The summed E-state index contributed by atoms with van der Waals surface area (Å²) in [4.78, 5) is 21.8. The molecule has 15 heavy (non-hydrogen) atoms. The molecule has 2 atom stereocenters. The Balaban J connectivity index is 3.80. The van der Waals surface area contributed by atoms with E-state index in [-0.39, 0.29) is 6.04 Å². The minimum Gasteiger partial charge on any atom is -0.481 e. The van der Waals surface area contributed by atoms with E-state index in [9.17, 15) is 9.59 Å². The molecule has 0 bridgehead atoms. The van der Waals surface area contributed by atoms with Gasteiger partial charge in [-0.15, -0.1) is 0 Å². The number of carboxylic acid groups (broad SMARTS) is 1. The van der Waals surface area contributed by atoms with Crippen molar-refractivity contribution in [3.8, 4) is 0 Å². The zero-order chi connectivity index (χ0) is 11.8. The predicted octanol–water partition coefficient (Wildman–Crippen LogP) is 1.35. The number of carbonyl (C=O) groups is 2. The van der Waals surface area contributed by atoms with E-state index in [1.165, 1.54) is 6.92 Å². The lowest BCUT2D eigenvalue weighted by molar-refractivity contribution is -0.146. The van der Waals surface area contributed by atoms with Crippen molar-refractivity contribution in [3.05, 3.63) is 0 Å². The number of aliphatic carboxylic acids is 1. The average Bonchev–Trinajstić information content (AvgIpc) is 2.16. The van der Waals surface area contributed by atoms with Gasteiger partial charge in [0, 0.05) is 6.04 Å². The van der Waals surface area contributed by atoms with Crippen molar-refractivity contribution in [2.24, 2.45) is 5.92 Å². The summed E-state index contributed by atoms with van der Waals surface area (Å²) in [5, 5.41) is 11.3. The number of hydrogen-bond donors (Lipinski definition) is 2. The Kier molecular flexibility index (Phi) is 7.21. The van der Waals surface area contributed by atoms with Crippen LogP contribution < -0.4 is 5.32 Å². The first-order valence-corrected chi connectivity index (χ1v) is 6.25. The highest BCUT2D eigenvalue weighted by atomic mass is 32.2. The maximum absolute atomic E-state index is 11.3. The first-order valence-electron chi connectivity index (χ1n) is 5.10. The molecule has 88 valence electrons. The molecular weight excluding hydrogens is 214 g/mol. The zero-order valence-corrected chi connectivity index (χ0v) is 10.3. The van der Waals surface area contributed by atoms with Crippen LogP contribution in [-0.4, -0.2) is 34.5 Å². The fourth-order valence-electron chi connectivity index (χ4n) is 0.957. The van der Waals surface area contributed by atoms with Crippen LogP contribution in [0.15, 0.2) is 0 Å². The van der Waals surface area contributed by atoms with Crippen LogP contribution in [0.5, 0.6) is 0 Å². The van der Waals surface area contributed by atoms with Gasteiger partial charge < -0.3 is 10.4 Å². The summed E-state index contributed by atoms with van der Waals surface area (Å²) in [7, 11) is 0. The van der Waals surface area contributed by atoms with E-state index in [0.29, 0.717) is 0 Å². The van der Waals surface area contributed by atoms with Gasteiger partial charge in [0.25, 0.3) is 0 Å². The molecule has 0 heterocycles. The lowest BCUT2D eigenvalue weighted by Crippen LogP contribution is -2.39. The largest absolute Gasteiger partial charge is 0.481 e. The number of amides is 1. The van der Waals surface area contributed by atoms with Crippen LogP contribution in [0.3, 0.4) is 0 Å². The third-order valence-electron chi connectivity index (χ3n) is 2.05. The topological polar surface area (TPSA) is 66.4 Å². The monoisotopic (exact) mass is 233 g/mol. The van der Waals surface area contributed by atoms with Gasteiger partial charge in [-0.25, -0.2) is 0 Å². The molecule has 5 heteroatoms. The number of carboxylic acids is 1. The number of thioether (sulfide) groups is 1. The highest BCUT2D eigenvalue weighted by molar-refractivity contribution is 7.99. The average molecular weight is 233 g/mol. The van der Waals surface area contributed by atoms with Crippen molar-refractivity contribution < 1.29 is 14.7 Å². The maximum Gasteiger partial charge on any atom is 0.315 e. The molecule has 0 aliphatic carbocycles. The van der Waals surface area contributed by atoms with Crippen LogP contribution in [0.25, 0.3) is 0 Å². The second-order valence-corrected chi connectivity index (χ2v) is 4.85. The Hall–Kier alpha value is -0.710. The van der Waals surface area contributed by atoms with Crippen LogP contribution in [-0.2, 0) is 9.59 Å². The molecule has 1 amide bonds. The number of carbonyl (C=O) groups excluding carboxylic acids is 1. The van der Waals surface area contributed by atoms with E-state index in [0.717, 1.165) is 17.9 Å². The summed E-state index contributed by atoms with van der Waals surface area (Å²) in [6, 6.07) is 0.0401. The van der Waals surface area contributed by atoms with Crippen molar-refractivity contribution in [1.29, 1.82) is 0 Å². The summed E-state index contributed by atoms with van der Waals surface area (Å²) in [6.07, 6.45) is 0.872. The van der Waals surface area contributed by atoms with Gasteiger partial charge in [-0.3, -0.25) is 9.59 Å². The maximum atomic E-state index is 11.3. The van der Waals surface area contributed by atoms with Crippen LogP contribution in [0.4, 0.5) is 0 Å². The molecule has 0 aromatic heterocycles. The molecule has 0 fully saturated rings. The van der Waals surface area contributed by atoms with Gasteiger partial charge in [-0.2, -0.15) is 11.8 Å². The van der Waals surface area contributed by atoms with Gasteiger partial charge in [-0.1, -0.05) is 6.92 Å². The molecule has 0 aromatic rings. The van der Waals surface area contributed by atoms with Crippen LogP contribution in [0.1, 0.15) is 27.2 Å². The third kappa shape index (κ3) is 6.38. The minimum atomic E-state index is -1.08. The number of rotatable bonds is 7. The van der Waals surface area contributed by atoms with Gasteiger partial charge >= 0.3 is 5.97 Å². The van der Waals surface area contributed by atoms with E-state index < -0.39 is 17.8 Å². The molecule has 0 aromatic carbocycles. The Bertz CT molecular complexity index is 221. The summed E-state index contributed by atoms with van der Waals surface area (Å²) in [5.41, 5.74) is 0. The minimum absolute atomic E-state index is 0.0401. The van der Waals surface area contributed by atoms with Crippen LogP contribution in [0, 0.1) is 5.92 Å². The highest BCUT2D eigenvalue weighted by Gasteiger charge is 2.21. The fraction of sp³-hybridized carbons (Fsp3) is 0.800. The standard InChI is InChI=1S/C10H19NO3S/c1-4-15-6-5-7(2)11-9(12)8(3)10(13)14/h7-8H,4-6H2,1-3H3,(H,11,12)(H,13,14). The van der Waals surface area contributed by atoms with Crippen molar-refractivity contribution in [1.82, 2.24) is 5.32 Å². The first kappa shape index (κ1) is 14.3. The highest BCUT2D eigenvalue weighted by Crippen LogP contribution is 2.04. The van der Waals surface area contributed by atoms with E-state index in [1.54, 1.807) is 0 Å². The lowest BCUT2D eigenvalue weighted by atomic mass is 10.1. The fourth-order valence-corrected chi connectivity index (χ4v) is 1.77. The molecule has 0 spiro atoms. The van der Waals surface area contributed by atoms with Gasteiger partial charge in [-0.05, 0) is 31.8 Å². The molecule has 2 unspecified atom stereocenters. The van der Waals surface area contributed by atoms with Gasteiger partial charge in [0.2, 0.25) is 5.91 Å². The second kappa shape index (κ2) is 7.56. The normalized spacial score (nSPS) is 14.3. The molecule has 4 nitrogen and oxygen atoms in total. The lowest BCUT2D eigenvalue weighted by Gasteiger charge is -2.15. The summed E-state index contributed by atoms with van der Waals surface area (Å²) >= 11 is 1.81. The SMILES string of the molecule is CCSCCC(C)NC(=O)C(C)C(=O)O. The molecular formula is C10H19NO3S. The van der Waals surface area contributed by atoms with E-state index in [1.807, 2.05) is 18.7 Å².